The lowest BCUT2D eigenvalue weighted by atomic mass is 10.0. The molecule has 0 radical (unpaired) electrons. The molecular formula is C18H27NO4. The fourth-order valence-corrected chi connectivity index (χ4v) is 2.65. The number of amides is 1. The van der Waals surface area contributed by atoms with Crippen LogP contribution in [0, 0.1) is 0 Å². The van der Waals surface area contributed by atoms with Crippen molar-refractivity contribution in [1.29, 1.82) is 0 Å². The fraction of sp³-hybridized carbons (Fsp3) is 0.611. The molecular weight excluding hydrogens is 294 g/mol. The van der Waals surface area contributed by atoms with Crippen molar-refractivity contribution >= 4 is 6.09 Å². The van der Waals surface area contributed by atoms with Gasteiger partial charge in [0.2, 0.25) is 0 Å². The third-order valence-corrected chi connectivity index (χ3v) is 3.83. The van der Waals surface area contributed by atoms with Gasteiger partial charge in [0, 0.05) is 0 Å². The first kappa shape index (κ1) is 17.8. The number of benzene rings is 1. The van der Waals surface area contributed by atoms with E-state index in [1.807, 2.05) is 51.1 Å². The van der Waals surface area contributed by atoms with E-state index < -0.39 is 5.60 Å². The highest BCUT2D eigenvalue weighted by Crippen LogP contribution is 2.23. The van der Waals surface area contributed by atoms with Crippen LogP contribution in [0.3, 0.4) is 0 Å². The average molecular weight is 321 g/mol. The van der Waals surface area contributed by atoms with Crippen LogP contribution in [0.4, 0.5) is 4.79 Å². The molecule has 0 aromatic heterocycles. The van der Waals surface area contributed by atoms with Gasteiger partial charge in [-0.1, -0.05) is 30.3 Å². The van der Waals surface area contributed by atoms with Crippen LogP contribution in [0.1, 0.15) is 39.2 Å². The minimum Gasteiger partial charge on any atom is -0.444 e. The Balaban J connectivity index is 1.93. The lowest BCUT2D eigenvalue weighted by molar-refractivity contribution is -0.0493. The van der Waals surface area contributed by atoms with Crippen LogP contribution in [0.2, 0.25) is 0 Å². The highest BCUT2D eigenvalue weighted by Gasteiger charge is 2.34. The molecule has 0 unspecified atom stereocenters. The molecule has 0 bridgehead atoms. The highest BCUT2D eigenvalue weighted by atomic mass is 16.6. The monoisotopic (exact) mass is 321 g/mol. The van der Waals surface area contributed by atoms with Crippen LogP contribution in [0.15, 0.2) is 30.3 Å². The van der Waals surface area contributed by atoms with E-state index in [1.165, 1.54) is 0 Å². The summed E-state index contributed by atoms with van der Waals surface area (Å²) in [5.41, 5.74) is 0.565. The van der Waals surface area contributed by atoms with Gasteiger partial charge in [0.25, 0.3) is 0 Å². The Kier molecular flexibility index (Phi) is 6.02. The van der Waals surface area contributed by atoms with E-state index in [0.29, 0.717) is 13.2 Å². The van der Waals surface area contributed by atoms with Crippen LogP contribution >= 0.6 is 0 Å². The zero-order chi connectivity index (χ0) is 16.9. The predicted molar refractivity (Wildman–Crippen MR) is 88.1 cm³/mol. The first-order chi connectivity index (χ1) is 10.9. The number of hydrogen-bond donors (Lipinski definition) is 1. The molecule has 1 saturated heterocycles. The van der Waals surface area contributed by atoms with Gasteiger partial charge >= 0.3 is 6.09 Å². The summed E-state index contributed by atoms with van der Waals surface area (Å²) in [7, 11) is 0. The fourth-order valence-electron chi connectivity index (χ4n) is 2.65. The number of ether oxygens (including phenoxy) is 2. The minimum atomic E-state index is -0.547. The van der Waals surface area contributed by atoms with Crippen LogP contribution < -0.4 is 0 Å². The molecule has 2 rings (SSSR count). The van der Waals surface area contributed by atoms with Crippen molar-refractivity contribution in [3.05, 3.63) is 35.9 Å². The number of piperidine rings is 1. The number of aliphatic hydroxyl groups excluding tert-OH is 1. The Bertz CT molecular complexity index is 497. The molecule has 1 aromatic carbocycles. The number of aliphatic hydroxyl groups is 1. The number of rotatable bonds is 4. The molecule has 1 aliphatic heterocycles. The maximum absolute atomic E-state index is 12.3. The Labute approximate surface area is 138 Å². The third-order valence-electron chi connectivity index (χ3n) is 3.83. The molecule has 1 N–H and O–H groups in total. The Morgan fingerprint density at radius 3 is 2.57 bits per heavy atom. The standard InChI is InChI=1S/C18H27NO4/c1-18(2,3)23-17(21)19-11-16(10-9-15(19)12-20)22-13-14-7-5-4-6-8-14/h4-8,15-16,20H,9-13H2,1-3H3/t15-,16-/m1/s1. The molecule has 5 heteroatoms. The molecule has 0 spiro atoms. The number of nitrogens with zero attached hydrogens (tertiary/aromatic N) is 1. The molecule has 1 amide bonds. The van der Waals surface area contributed by atoms with E-state index in [0.717, 1.165) is 18.4 Å². The summed E-state index contributed by atoms with van der Waals surface area (Å²) in [6.45, 7) is 6.44. The summed E-state index contributed by atoms with van der Waals surface area (Å²) in [4.78, 5) is 13.9. The van der Waals surface area contributed by atoms with Crippen molar-refractivity contribution in [3.63, 3.8) is 0 Å². The second kappa shape index (κ2) is 7.79. The lowest BCUT2D eigenvalue weighted by Gasteiger charge is -2.39. The third kappa shape index (κ3) is 5.52. The normalized spacial score (nSPS) is 22.0. The highest BCUT2D eigenvalue weighted by molar-refractivity contribution is 5.68. The number of carbonyl (C=O) groups excluding carboxylic acids is 1. The van der Waals surface area contributed by atoms with Gasteiger partial charge in [0.05, 0.1) is 31.9 Å². The van der Waals surface area contributed by atoms with Gasteiger partial charge in [-0.3, -0.25) is 0 Å². The SMILES string of the molecule is CC(C)(C)OC(=O)N1C[C@H](OCc2ccccc2)CC[C@@H]1CO. The Morgan fingerprint density at radius 2 is 1.96 bits per heavy atom. The van der Waals surface area contributed by atoms with Crippen LogP contribution in [0.5, 0.6) is 0 Å². The van der Waals surface area contributed by atoms with Gasteiger partial charge < -0.3 is 19.5 Å². The molecule has 1 aliphatic rings. The quantitative estimate of drug-likeness (QED) is 0.926. The van der Waals surface area contributed by atoms with Crippen molar-refractivity contribution in [2.45, 2.75) is 58.0 Å². The van der Waals surface area contributed by atoms with E-state index in [9.17, 15) is 9.90 Å². The Morgan fingerprint density at radius 1 is 1.26 bits per heavy atom. The molecule has 1 fully saturated rings. The van der Waals surface area contributed by atoms with Gasteiger partial charge in [-0.15, -0.1) is 0 Å². The number of likely N-dealkylation sites (tertiary alicyclic amines) is 1. The number of carbonyl (C=O) groups is 1. The van der Waals surface area contributed by atoms with Crippen LogP contribution in [0.25, 0.3) is 0 Å². The van der Waals surface area contributed by atoms with E-state index in [2.05, 4.69) is 0 Å². The largest absolute Gasteiger partial charge is 0.444 e. The first-order valence-corrected chi connectivity index (χ1v) is 8.15. The second-order valence-electron chi connectivity index (χ2n) is 6.97. The van der Waals surface area contributed by atoms with Crippen molar-refractivity contribution in [3.8, 4) is 0 Å². The van der Waals surface area contributed by atoms with Crippen molar-refractivity contribution in [2.75, 3.05) is 13.2 Å². The van der Waals surface area contributed by atoms with Gasteiger partial charge in [0.1, 0.15) is 5.60 Å². The molecule has 23 heavy (non-hydrogen) atoms. The van der Waals surface area contributed by atoms with Crippen molar-refractivity contribution < 1.29 is 19.4 Å². The van der Waals surface area contributed by atoms with Crippen LogP contribution in [-0.2, 0) is 16.1 Å². The second-order valence-corrected chi connectivity index (χ2v) is 6.97. The maximum atomic E-state index is 12.3. The molecule has 0 aliphatic carbocycles. The molecule has 1 aromatic rings. The summed E-state index contributed by atoms with van der Waals surface area (Å²) >= 11 is 0. The molecule has 2 atom stereocenters. The van der Waals surface area contributed by atoms with Gasteiger partial charge in [-0.2, -0.15) is 0 Å². The topological polar surface area (TPSA) is 59.0 Å². The summed E-state index contributed by atoms with van der Waals surface area (Å²) in [5, 5.41) is 9.51. The zero-order valence-electron chi connectivity index (χ0n) is 14.2. The molecule has 0 saturated carbocycles. The summed E-state index contributed by atoms with van der Waals surface area (Å²) in [6.07, 6.45) is 1.13. The van der Waals surface area contributed by atoms with E-state index in [-0.39, 0.29) is 24.8 Å². The first-order valence-electron chi connectivity index (χ1n) is 8.15. The van der Waals surface area contributed by atoms with Gasteiger partial charge in [-0.25, -0.2) is 4.79 Å². The number of hydrogen-bond acceptors (Lipinski definition) is 4. The summed E-state index contributed by atoms with van der Waals surface area (Å²) in [6, 6.07) is 9.78. The zero-order valence-corrected chi connectivity index (χ0v) is 14.2. The minimum absolute atomic E-state index is 0.0366. The van der Waals surface area contributed by atoms with Crippen LogP contribution in [-0.4, -0.2) is 47.0 Å². The average Bonchev–Trinajstić information content (AvgIpc) is 2.52. The van der Waals surface area contributed by atoms with Crippen molar-refractivity contribution in [2.24, 2.45) is 0 Å². The van der Waals surface area contributed by atoms with Gasteiger partial charge in [0.15, 0.2) is 0 Å². The lowest BCUT2D eigenvalue weighted by Crippen LogP contribution is -2.52. The van der Waals surface area contributed by atoms with Gasteiger partial charge in [-0.05, 0) is 39.2 Å². The van der Waals surface area contributed by atoms with E-state index in [1.54, 1.807) is 4.90 Å². The molecule has 5 nitrogen and oxygen atoms in total. The van der Waals surface area contributed by atoms with Crippen molar-refractivity contribution in [1.82, 2.24) is 4.90 Å². The molecule has 1 heterocycles. The van der Waals surface area contributed by atoms with E-state index >= 15 is 0 Å². The smallest absolute Gasteiger partial charge is 0.410 e. The maximum Gasteiger partial charge on any atom is 0.410 e. The Hall–Kier alpha value is -1.59. The predicted octanol–water partition coefficient (Wildman–Crippen LogP) is 2.96. The summed E-state index contributed by atoms with van der Waals surface area (Å²) < 4.78 is 11.4. The molecule has 128 valence electrons. The van der Waals surface area contributed by atoms with E-state index in [4.69, 9.17) is 9.47 Å². The summed E-state index contributed by atoms with van der Waals surface area (Å²) in [5.74, 6) is 0.